The molecule has 18 heavy (non-hydrogen) atoms. The third-order valence-electron chi connectivity index (χ3n) is 2.82. The molecule has 3 heteroatoms. The first kappa shape index (κ1) is 10.8. The Morgan fingerprint density at radius 3 is 2.83 bits per heavy atom. The summed E-state index contributed by atoms with van der Waals surface area (Å²) in [4.78, 5) is 4.35. The normalized spacial score (nSPS) is 10.7. The van der Waals surface area contributed by atoms with Crippen LogP contribution >= 0.6 is 0 Å². The average molecular weight is 237 g/mol. The Balaban J connectivity index is 2.03. The fourth-order valence-electron chi connectivity index (χ4n) is 1.98. The maximum atomic E-state index is 5.44. The van der Waals surface area contributed by atoms with Gasteiger partial charge in [0.05, 0.1) is 17.6 Å². The lowest BCUT2D eigenvalue weighted by molar-refractivity contribution is 0.340. The van der Waals surface area contributed by atoms with Crippen molar-refractivity contribution in [2.24, 2.45) is 0 Å². The highest BCUT2D eigenvalue weighted by Gasteiger charge is 2.03. The Hall–Kier alpha value is -2.29. The van der Waals surface area contributed by atoms with Crippen molar-refractivity contribution in [2.45, 2.75) is 6.92 Å². The number of rotatable bonds is 3. The summed E-state index contributed by atoms with van der Waals surface area (Å²) in [5, 5.41) is 0. The molecule has 0 saturated heterocycles. The summed E-state index contributed by atoms with van der Waals surface area (Å²) in [5.41, 5.74) is 3.11. The molecule has 0 aliphatic rings. The molecule has 0 aliphatic carbocycles. The molecule has 3 rings (SSSR count). The van der Waals surface area contributed by atoms with Crippen LogP contribution in [0.3, 0.4) is 0 Å². The maximum absolute atomic E-state index is 5.44. The highest BCUT2D eigenvalue weighted by atomic mass is 16.5. The quantitative estimate of drug-likeness (QED) is 0.699. The summed E-state index contributed by atoms with van der Waals surface area (Å²) in [7, 11) is 0. The van der Waals surface area contributed by atoms with Gasteiger partial charge in [-0.15, -0.1) is 0 Å². The van der Waals surface area contributed by atoms with E-state index in [0.29, 0.717) is 6.61 Å². The molecule has 0 bridgehead atoms. The van der Waals surface area contributed by atoms with Crippen LogP contribution in [-0.4, -0.2) is 16.2 Å². The van der Waals surface area contributed by atoms with E-state index in [1.54, 1.807) is 0 Å². The molecule has 0 aliphatic heterocycles. The molecule has 3 nitrogen and oxygen atoms in total. The molecule has 1 aromatic heterocycles. The largest absolute Gasteiger partial charge is 0.494 e. The minimum atomic E-state index is 0.684. The molecule has 2 aromatic carbocycles. The van der Waals surface area contributed by atoms with Gasteiger partial charge in [-0.1, -0.05) is 6.07 Å². The third kappa shape index (κ3) is 1.84. The number of imidazole rings is 1. The number of benzene rings is 2. The predicted octanol–water partition coefficient (Wildman–Crippen LogP) is 3.22. The fourth-order valence-corrected chi connectivity index (χ4v) is 1.98. The van der Waals surface area contributed by atoms with Gasteiger partial charge in [0.1, 0.15) is 12.1 Å². The smallest absolute Gasteiger partial charge is 0.119 e. The maximum Gasteiger partial charge on any atom is 0.119 e. The van der Waals surface area contributed by atoms with Crippen molar-refractivity contribution in [3.05, 3.63) is 54.9 Å². The van der Waals surface area contributed by atoms with Gasteiger partial charge in [0.2, 0.25) is 0 Å². The van der Waals surface area contributed by atoms with Gasteiger partial charge in [0.25, 0.3) is 0 Å². The van der Waals surface area contributed by atoms with E-state index in [1.165, 1.54) is 0 Å². The Morgan fingerprint density at radius 2 is 2.06 bits per heavy atom. The summed E-state index contributed by atoms with van der Waals surface area (Å²) >= 11 is 0. The van der Waals surface area contributed by atoms with E-state index in [0.717, 1.165) is 22.5 Å². The summed E-state index contributed by atoms with van der Waals surface area (Å²) < 4.78 is 7.49. The number of hydrogen-bond acceptors (Lipinski definition) is 2. The molecule has 0 fully saturated rings. The topological polar surface area (TPSA) is 27.1 Å². The molecule has 0 amide bonds. The van der Waals surface area contributed by atoms with Gasteiger partial charge < -0.3 is 4.74 Å². The van der Waals surface area contributed by atoms with Crippen LogP contribution in [0.15, 0.2) is 48.8 Å². The van der Waals surface area contributed by atoms with Crippen LogP contribution in [-0.2, 0) is 0 Å². The van der Waals surface area contributed by atoms with Gasteiger partial charge in [0, 0.05) is 5.69 Å². The van der Waals surface area contributed by atoms with Crippen LogP contribution in [0.5, 0.6) is 5.75 Å². The lowest BCUT2D eigenvalue weighted by atomic mass is 10.2. The molecular formula is C15H13N2O. The second-order valence-corrected chi connectivity index (χ2v) is 3.96. The van der Waals surface area contributed by atoms with Gasteiger partial charge in [-0.2, -0.15) is 0 Å². The van der Waals surface area contributed by atoms with E-state index in [9.17, 15) is 0 Å². The van der Waals surface area contributed by atoms with E-state index in [1.807, 2.05) is 55.7 Å². The van der Waals surface area contributed by atoms with E-state index < -0.39 is 0 Å². The first-order valence-corrected chi connectivity index (χ1v) is 5.95. The van der Waals surface area contributed by atoms with Gasteiger partial charge in [-0.05, 0) is 49.4 Å². The molecule has 3 aromatic rings. The van der Waals surface area contributed by atoms with E-state index >= 15 is 0 Å². The average Bonchev–Trinajstić information content (AvgIpc) is 2.84. The zero-order chi connectivity index (χ0) is 12.4. The van der Waals surface area contributed by atoms with Crippen LogP contribution in [0.4, 0.5) is 0 Å². The van der Waals surface area contributed by atoms with Crippen molar-refractivity contribution in [3.8, 4) is 11.4 Å². The van der Waals surface area contributed by atoms with E-state index in [4.69, 9.17) is 4.74 Å². The van der Waals surface area contributed by atoms with Gasteiger partial charge in [-0.3, -0.25) is 4.57 Å². The Morgan fingerprint density at radius 1 is 1.22 bits per heavy atom. The van der Waals surface area contributed by atoms with Crippen molar-refractivity contribution in [2.75, 3.05) is 6.61 Å². The van der Waals surface area contributed by atoms with Crippen molar-refractivity contribution in [1.82, 2.24) is 9.55 Å². The van der Waals surface area contributed by atoms with Gasteiger partial charge in [0.15, 0.2) is 0 Å². The van der Waals surface area contributed by atoms with Crippen molar-refractivity contribution < 1.29 is 4.74 Å². The number of ether oxygens (including phenoxy) is 1. The fraction of sp³-hybridized carbons (Fsp3) is 0.133. The molecular weight excluding hydrogens is 224 g/mol. The standard InChI is InChI=1S/C15H13N2O/c1-2-18-13-9-7-12(8-10-13)17-11-16-14-5-3-4-6-15(14)17/h4-11H,2H2,1H3. The first-order valence-electron chi connectivity index (χ1n) is 5.95. The lowest BCUT2D eigenvalue weighted by Crippen LogP contribution is -1.94. The minimum Gasteiger partial charge on any atom is -0.494 e. The van der Waals surface area contributed by atoms with Crippen molar-refractivity contribution in [1.29, 1.82) is 0 Å². The predicted molar refractivity (Wildman–Crippen MR) is 71.1 cm³/mol. The molecule has 1 radical (unpaired) electrons. The Kier molecular flexibility index (Phi) is 2.73. The zero-order valence-electron chi connectivity index (χ0n) is 10.1. The summed E-state index contributed by atoms with van der Waals surface area (Å²) in [6.07, 6.45) is 1.83. The summed E-state index contributed by atoms with van der Waals surface area (Å²) in [6.45, 7) is 2.66. The van der Waals surface area contributed by atoms with Crippen LogP contribution in [0, 0.1) is 6.07 Å². The first-order chi connectivity index (χ1) is 8.88. The van der Waals surface area contributed by atoms with E-state index in [-0.39, 0.29) is 0 Å². The summed E-state index contributed by atoms with van der Waals surface area (Å²) in [5.74, 6) is 0.888. The second kappa shape index (κ2) is 4.53. The number of nitrogens with zero attached hydrogens (tertiary/aromatic N) is 2. The van der Waals surface area contributed by atoms with E-state index in [2.05, 4.69) is 15.6 Å². The lowest BCUT2D eigenvalue weighted by Gasteiger charge is -2.06. The molecule has 1 heterocycles. The van der Waals surface area contributed by atoms with Crippen LogP contribution in [0.25, 0.3) is 16.7 Å². The molecule has 0 N–H and O–H groups in total. The van der Waals surface area contributed by atoms with Gasteiger partial charge in [-0.25, -0.2) is 4.98 Å². The second-order valence-electron chi connectivity index (χ2n) is 3.96. The summed E-state index contributed by atoms with van der Waals surface area (Å²) in [6, 6.07) is 16.8. The monoisotopic (exact) mass is 237 g/mol. The van der Waals surface area contributed by atoms with Crippen molar-refractivity contribution >= 4 is 11.0 Å². The third-order valence-corrected chi connectivity index (χ3v) is 2.82. The van der Waals surface area contributed by atoms with Crippen LogP contribution in [0.1, 0.15) is 6.92 Å². The zero-order valence-corrected chi connectivity index (χ0v) is 10.1. The highest BCUT2D eigenvalue weighted by Crippen LogP contribution is 2.20. The number of aromatic nitrogens is 2. The molecule has 0 atom stereocenters. The minimum absolute atomic E-state index is 0.684. The molecule has 0 unspecified atom stereocenters. The highest BCUT2D eigenvalue weighted by molar-refractivity contribution is 5.77. The number of fused-ring (bicyclic) bond motifs is 1. The Labute approximate surface area is 106 Å². The van der Waals surface area contributed by atoms with Gasteiger partial charge >= 0.3 is 0 Å². The van der Waals surface area contributed by atoms with Crippen LogP contribution in [0.2, 0.25) is 0 Å². The van der Waals surface area contributed by atoms with Crippen LogP contribution < -0.4 is 4.74 Å². The molecule has 0 spiro atoms. The molecule has 0 saturated carbocycles. The Bertz CT molecular complexity index is 656. The molecule has 89 valence electrons. The number of hydrogen-bond donors (Lipinski definition) is 0. The van der Waals surface area contributed by atoms with Crippen molar-refractivity contribution in [3.63, 3.8) is 0 Å². The SMILES string of the molecule is CCOc1ccc(-n2cnc3c[c]ccc32)cc1.